The van der Waals surface area contributed by atoms with Crippen molar-refractivity contribution in [2.75, 3.05) is 0 Å². The molecule has 1 heterocycles. The highest BCUT2D eigenvalue weighted by Crippen LogP contribution is 2.23. The van der Waals surface area contributed by atoms with Crippen molar-refractivity contribution < 1.29 is 9.13 Å². The van der Waals surface area contributed by atoms with Gasteiger partial charge in [-0.3, -0.25) is 0 Å². The van der Waals surface area contributed by atoms with Crippen LogP contribution in [0.5, 0.6) is 5.75 Å². The highest BCUT2D eigenvalue weighted by molar-refractivity contribution is 9.10. The zero-order valence-corrected chi connectivity index (χ0v) is 13.9. The monoisotopic (exact) mass is 357 g/mol. The Hall–Kier alpha value is -0.910. The first-order valence-corrected chi connectivity index (χ1v) is 8.09. The summed E-state index contributed by atoms with van der Waals surface area (Å²) in [5.74, 6) is 0.297. The van der Waals surface area contributed by atoms with E-state index < -0.39 is 0 Å². The molecule has 0 saturated carbocycles. The van der Waals surface area contributed by atoms with Gasteiger partial charge in [0.1, 0.15) is 18.2 Å². The van der Waals surface area contributed by atoms with Gasteiger partial charge in [-0.05, 0) is 39.7 Å². The van der Waals surface area contributed by atoms with E-state index in [0.29, 0.717) is 24.9 Å². The summed E-state index contributed by atoms with van der Waals surface area (Å²) in [5.41, 5.74) is 0.890. The first-order chi connectivity index (χ1) is 9.52. The Morgan fingerprint density at radius 2 is 2.10 bits per heavy atom. The van der Waals surface area contributed by atoms with Crippen molar-refractivity contribution in [3.8, 4) is 5.75 Å². The second-order valence-electron chi connectivity index (χ2n) is 4.85. The minimum Gasteiger partial charge on any atom is -0.488 e. The summed E-state index contributed by atoms with van der Waals surface area (Å²) in [5, 5.41) is 5.27. The molecule has 5 heteroatoms. The Kier molecular flexibility index (Phi) is 5.57. The largest absolute Gasteiger partial charge is 0.488 e. The molecule has 0 aliphatic heterocycles. The first-order valence-electron chi connectivity index (χ1n) is 6.41. The van der Waals surface area contributed by atoms with Gasteiger partial charge in [-0.15, -0.1) is 11.3 Å². The van der Waals surface area contributed by atoms with E-state index in [1.54, 1.807) is 11.3 Å². The Morgan fingerprint density at radius 1 is 1.30 bits per heavy atom. The molecule has 20 heavy (non-hydrogen) atoms. The third kappa shape index (κ3) is 4.89. The molecule has 0 unspecified atom stereocenters. The smallest absolute Gasteiger partial charge is 0.127 e. The molecule has 108 valence electrons. The second kappa shape index (κ2) is 7.20. The predicted octanol–water partition coefficient (Wildman–Crippen LogP) is 4.73. The number of benzene rings is 1. The third-order valence-electron chi connectivity index (χ3n) is 2.65. The molecule has 0 amide bonds. The number of hydrogen-bond acceptors (Lipinski definition) is 3. The molecule has 1 aromatic heterocycles. The van der Waals surface area contributed by atoms with E-state index in [1.807, 2.05) is 17.5 Å². The van der Waals surface area contributed by atoms with Gasteiger partial charge < -0.3 is 10.1 Å². The third-order valence-corrected chi connectivity index (χ3v) is 4.32. The highest BCUT2D eigenvalue weighted by Gasteiger charge is 2.04. The Morgan fingerprint density at radius 3 is 2.75 bits per heavy atom. The molecule has 2 rings (SSSR count). The van der Waals surface area contributed by atoms with Crippen molar-refractivity contribution in [3.63, 3.8) is 0 Å². The highest BCUT2D eigenvalue weighted by atomic mass is 79.9. The molecular weight excluding hydrogens is 341 g/mol. The van der Waals surface area contributed by atoms with E-state index in [1.165, 1.54) is 12.1 Å². The van der Waals surface area contributed by atoms with E-state index in [2.05, 4.69) is 35.1 Å². The molecule has 0 bridgehead atoms. The van der Waals surface area contributed by atoms with Gasteiger partial charge in [-0.1, -0.05) is 13.8 Å². The van der Waals surface area contributed by atoms with Crippen LogP contribution in [0, 0.1) is 5.82 Å². The predicted molar refractivity (Wildman–Crippen MR) is 84.7 cm³/mol. The van der Waals surface area contributed by atoms with E-state index in [9.17, 15) is 4.39 Å². The summed E-state index contributed by atoms with van der Waals surface area (Å²) in [6.07, 6.45) is 0. The zero-order valence-electron chi connectivity index (χ0n) is 11.5. The maximum atomic E-state index is 13.6. The lowest BCUT2D eigenvalue weighted by Crippen LogP contribution is -2.21. The Balaban J connectivity index is 2.00. The summed E-state index contributed by atoms with van der Waals surface area (Å²) in [6, 6.07) is 7.20. The van der Waals surface area contributed by atoms with Crippen molar-refractivity contribution in [1.82, 2.24) is 5.32 Å². The SMILES string of the molecule is CC(C)NCc1cc(F)cc(OCc2cc(Br)cs2)c1. The fourth-order valence-corrected chi connectivity index (χ4v) is 3.07. The van der Waals surface area contributed by atoms with Gasteiger partial charge in [0.05, 0.1) is 0 Å². The minimum absolute atomic E-state index is 0.268. The van der Waals surface area contributed by atoms with Crippen molar-refractivity contribution in [1.29, 1.82) is 0 Å². The van der Waals surface area contributed by atoms with Crippen LogP contribution < -0.4 is 10.1 Å². The molecule has 2 nitrogen and oxygen atoms in total. The van der Waals surface area contributed by atoms with Crippen molar-refractivity contribution in [2.24, 2.45) is 0 Å². The first kappa shape index (κ1) is 15.5. The van der Waals surface area contributed by atoms with Crippen LogP contribution in [-0.4, -0.2) is 6.04 Å². The van der Waals surface area contributed by atoms with Gasteiger partial charge >= 0.3 is 0 Å². The number of thiophene rings is 1. The lowest BCUT2D eigenvalue weighted by molar-refractivity contribution is 0.307. The summed E-state index contributed by atoms with van der Waals surface area (Å²) >= 11 is 5.02. The fraction of sp³-hybridized carbons (Fsp3) is 0.333. The van der Waals surface area contributed by atoms with E-state index in [-0.39, 0.29) is 5.82 Å². The lowest BCUT2D eigenvalue weighted by atomic mass is 10.2. The summed E-state index contributed by atoms with van der Waals surface area (Å²) in [7, 11) is 0. The molecule has 2 aromatic rings. The van der Waals surface area contributed by atoms with E-state index >= 15 is 0 Å². The van der Waals surface area contributed by atoms with E-state index in [4.69, 9.17) is 4.74 Å². The van der Waals surface area contributed by atoms with E-state index in [0.717, 1.165) is 14.9 Å². The van der Waals surface area contributed by atoms with Gasteiger partial charge in [0.15, 0.2) is 0 Å². The van der Waals surface area contributed by atoms with Gasteiger partial charge in [0, 0.05) is 33.4 Å². The van der Waals surface area contributed by atoms with Crippen LogP contribution in [0.2, 0.25) is 0 Å². The molecule has 1 N–H and O–H groups in total. The van der Waals surface area contributed by atoms with Gasteiger partial charge in [-0.2, -0.15) is 0 Å². The number of nitrogens with one attached hydrogen (secondary N) is 1. The quantitative estimate of drug-likeness (QED) is 0.806. The van der Waals surface area contributed by atoms with Gasteiger partial charge in [0.25, 0.3) is 0 Å². The van der Waals surface area contributed by atoms with Crippen LogP contribution in [0.15, 0.2) is 34.1 Å². The lowest BCUT2D eigenvalue weighted by Gasteiger charge is -2.10. The molecule has 1 aromatic carbocycles. The second-order valence-corrected chi connectivity index (χ2v) is 6.76. The normalized spacial score (nSPS) is 11.1. The molecule has 0 aliphatic carbocycles. The molecule has 0 saturated heterocycles. The van der Waals surface area contributed by atoms with Crippen LogP contribution >= 0.6 is 27.3 Å². The fourth-order valence-electron chi connectivity index (χ4n) is 1.71. The molecule has 0 spiro atoms. The van der Waals surface area contributed by atoms with Gasteiger partial charge in [-0.25, -0.2) is 4.39 Å². The molecule has 0 fully saturated rings. The standard InChI is InChI=1S/C15H17BrFNOS/c1-10(2)18-7-11-3-13(17)6-14(4-11)19-8-15-5-12(16)9-20-15/h3-6,9-10,18H,7-8H2,1-2H3. The van der Waals surface area contributed by atoms with Gasteiger partial charge in [0.2, 0.25) is 0 Å². The summed E-state index contributed by atoms with van der Waals surface area (Å²) in [6.45, 7) is 5.21. The minimum atomic E-state index is -0.268. The number of hydrogen-bond donors (Lipinski definition) is 1. The van der Waals surface area contributed by atoms with Crippen LogP contribution in [0.25, 0.3) is 0 Å². The molecular formula is C15H17BrFNOS. The topological polar surface area (TPSA) is 21.3 Å². The number of halogens is 2. The average Bonchev–Trinajstić information content (AvgIpc) is 2.79. The average molecular weight is 358 g/mol. The van der Waals surface area contributed by atoms with Crippen LogP contribution in [0.3, 0.4) is 0 Å². The molecule has 0 atom stereocenters. The summed E-state index contributed by atoms with van der Waals surface area (Å²) in [4.78, 5) is 1.10. The van der Waals surface area contributed by atoms with Crippen molar-refractivity contribution in [2.45, 2.75) is 33.0 Å². The maximum Gasteiger partial charge on any atom is 0.127 e. The maximum absolute atomic E-state index is 13.6. The number of ether oxygens (including phenoxy) is 1. The zero-order chi connectivity index (χ0) is 14.5. The Labute approximate surface area is 131 Å². The van der Waals surface area contributed by atoms with Crippen molar-refractivity contribution in [3.05, 3.63) is 50.4 Å². The molecule has 0 aliphatic rings. The summed E-state index contributed by atoms with van der Waals surface area (Å²) < 4.78 is 20.3. The number of rotatable bonds is 6. The van der Waals surface area contributed by atoms with Crippen LogP contribution in [0.1, 0.15) is 24.3 Å². The molecule has 0 radical (unpaired) electrons. The van der Waals surface area contributed by atoms with Crippen LogP contribution in [-0.2, 0) is 13.2 Å². The van der Waals surface area contributed by atoms with Crippen LogP contribution in [0.4, 0.5) is 4.39 Å². The van der Waals surface area contributed by atoms with Crippen molar-refractivity contribution >= 4 is 27.3 Å². The Bertz CT molecular complexity index is 571.